The van der Waals surface area contributed by atoms with E-state index in [1.54, 1.807) is 0 Å². The van der Waals surface area contributed by atoms with E-state index in [1.165, 1.54) is 11.3 Å². The SMILES string of the molecule is CCNC(=NCc1ccc(N2CCC(CO)CC2)cc1)NCc1c(CC)noc1CC. The van der Waals surface area contributed by atoms with Crippen molar-refractivity contribution in [2.45, 2.75) is 59.5 Å². The third kappa shape index (κ3) is 6.23. The lowest BCUT2D eigenvalue weighted by Crippen LogP contribution is -2.37. The molecule has 3 rings (SSSR count). The summed E-state index contributed by atoms with van der Waals surface area (Å²) < 4.78 is 5.46. The van der Waals surface area contributed by atoms with E-state index < -0.39 is 0 Å². The summed E-state index contributed by atoms with van der Waals surface area (Å²) in [7, 11) is 0. The molecule has 0 spiro atoms. The van der Waals surface area contributed by atoms with E-state index >= 15 is 0 Å². The topological polar surface area (TPSA) is 85.9 Å². The first-order valence-electron chi connectivity index (χ1n) is 11.6. The molecule has 0 atom stereocenters. The molecule has 0 bridgehead atoms. The third-order valence-electron chi connectivity index (χ3n) is 5.98. The monoisotopic (exact) mass is 427 g/mol. The van der Waals surface area contributed by atoms with Crippen molar-refractivity contribution in [3.8, 4) is 0 Å². The van der Waals surface area contributed by atoms with Gasteiger partial charge in [0.2, 0.25) is 0 Å². The summed E-state index contributed by atoms with van der Waals surface area (Å²) in [5, 5.41) is 20.3. The third-order valence-corrected chi connectivity index (χ3v) is 5.98. The molecule has 0 amide bonds. The van der Waals surface area contributed by atoms with Crippen molar-refractivity contribution in [3.63, 3.8) is 0 Å². The van der Waals surface area contributed by atoms with Crippen LogP contribution in [0.4, 0.5) is 5.69 Å². The Labute approximate surface area is 185 Å². The highest BCUT2D eigenvalue weighted by Gasteiger charge is 2.18. The van der Waals surface area contributed by atoms with Crippen LogP contribution >= 0.6 is 0 Å². The molecule has 3 N–H and O–H groups in total. The molecule has 2 aromatic rings. The van der Waals surface area contributed by atoms with Crippen molar-refractivity contribution in [3.05, 3.63) is 46.8 Å². The predicted octanol–water partition coefficient (Wildman–Crippen LogP) is 3.26. The summed E-state index contributed by atoms with van der Waals surface area (Å²) in [4.78, 5) is 7.16. The maximum absolute atomic E-state index is 9.32. The summed E-state index contributed by atoms with van der Waals surface area (Å²) >= 11 is 0. The molecule has 7 nitrogen and oxygen atoms in total. The molecule has 1 aliphatic rings. The lowest BCUT2D eigenvalue weighted by molar-refractivity contribution is 0.203. The van der Waals surface area contributed by atoms with Crippen LogP contribution in [-0.2, 0) is 25.9 Å². The first-order chi connectivity index (χ1) is 15.2. The zero-order valence-corrected chi connectivity index (χ0v) is 19.2. The summed E-state index contributed by atoms with van der Waals surface area (Å²) in [5.41, 5.74) is 4.59. The minimum absolute atomic E-state index is 0.309. The number of benzene rings is 1. The number of hydrogen-bond acceptors (Lipinski definition) is 5. The Balaban J connectivity index is 1.58. The Morgan fingerprint density at radius 3 is 2.48 bits per heavy atom. The van der Waals surface area contributed by atoms with E-state index in [0.717, 1.165) is 68.3 Å². The second-order valence-corrected chi connectivity index (χ2v) is 8.07. The van der Waals surface area contributed by atoms with Crippen molar-refractivity contribution in [2.75, 3.05) is 31.1 Å². The van der Waals surface area contributed by atoms with Crippen LogP contribution in [-0.4, -0.2) is 42.5 Å². The fourth-order valence-electron chi connectivity index (χ4n) is 4.01. The van der Waals surface area contributed by atoms with Crippen LogP contribution in [0.5, 0.6) is 0 Å². The molecule has 1 aliphatic heterocycles. The normalized spacial score (nSPS) is 15.4. The maximum Gasteiger partial charge on any atom is 0.191 e. The van der Waals surface area contributed by atoms with Crippen molar-refractivity contribution in [1.82, 2.24) is 15.8 Å². The van der Waals surface area contributed by atoms with Gasteiger partial charge in [-0.1, -0.05) is 31.1 Å². The van der Waals surface area contributed by atoms with E-state index in [1.807, 2.05) is 0 Å². The molecule has 0 saturated carbocycles. The number of anilines is 1. The number of guanidine groups is 1. The number of aliphatic hydroxyl groups is 1. The zero-order valence-electron chi connectivity index (χ0n) is 19.2. The summed E-state index contributed by atoms with van der Waals surface area (Å²) in [5.74, 6) is 2.20. The Bertz CT molecular complexity index is 801. The molecule has 0 radical (unpaired) electrons. The molecule has 0 aliphatic carbocycles. The number of hydrogen-bond donors (Lipinski definition) is 3. The van der Waals surface area contributed by atoms with Gasteiger partial charge in [-0.15, -0.1) is 0 Å². The van der Waals surface area contributed by atoms with E-state index in [-0.39, 0.29) is 0 Å². The van der Waals surface area contributed by atoms with Crippen molar-refractivity contribution >= 4 is 11.6 Å². The van der Waals surface area contributed by atoms with Crippen molar-refractivity contribution in [2.24, 2.45) is 10.9 Å². The van der Waals surface area contributed by atoms with Crippen molar-refractivity contribution in [1.29, 1.82) is 0 Å². The van der Waals surface area contributed by atoms with E-state index in [4.69, 9.17) is 9.52 Å². The van der Waals surface area contributed by atoms with Gasteiger partial charge in [-0.05, 0) is 49.8 Å². The summed E-state index contributed by atoms with van der Waals surface area (Å²) in [6.07, 6.45) is 3.82. The maximum atomic E-state index is 9.32. The van der Waals surface area contributed by atoms with Gasteiger partial charge in [0.1, 0.15) is 5.76 Å². The number of aromatic nitrogens is 1. The van der Waals surface area contributed by atoms with Gasteiger partial charge in [0.05, 0.1) is 12.2 Å². The van der Waals surface area contributed by atoms with Crippen LogP contribution in [0.3, 0.4) is 0 Å². The highest BCUT2D eigenvalue weighted by molar-refractivity contribution is 5.79. The number of piperidine rings is 1. The van der Waals surface area contributed by atoms with Crippen LogP contribution in [0.15, 0.2) is 33.8 Å². The van der Waals surface area contributed by atoms with Crippen LogP contribution in [0.2, 0.25) is 0 Å². The lowest BCUT2D eigenvalue weighted by Gasteiger charge is -2.32. The average molecular weight is 428 g/mol. The van der Waals surface area contributed by atoms with Gasteiger partial charge in [0.15, 0.2) is 5.96 Å². The molecular weight excluding hydrogens is 390 g/mol. The Morgan fingerprint density at radius 1 is 1.13 bits per heavy atom. The standard InChI is InChI=1S/C24H37N5O2/c1-4-22-21(23(5-2)31-28-22)16-27-24(25-6-3)26-15-18-7-9-20(10-8-18)29-13-11-19(17-30)12-14-29/h7-10,19,30H,4-6,11-17H2,1-3H3,(H2,25,26,27). The molecule has 1 aromatic carbocycles. The summed E-state index contributed by atoms with van der Waals surface area (Å²) in [6.45, 7) is 10.7. The van der Waals surface area contributed by atoms with Crippen LogP contribution in [0.1, 0.15) is 56.2 Å². The smallest absolute Gasteiger partial charge is 0.191 e. The molecule has 0 unspecified atom stereocenters. The minimum Gasteiger partial charge on any atom is -0.396 e. The molecule has 170 valence electrons. The largest absolute Gasteiger partial charge is 0.396 e. The Hall–Kier alpha value is -2.54. The minimum atomic E-state index is 0.309. The van der Waals surface area contributed by atoms with Gasteiger partial charge in [0, 0.05) is 50.5 Å². The highest BCUT2D eigenvalue weighted by Crippen LogP contribution is 2.23. The molecule has 31 heavy (non-hydrogen) atoms. The van der Waals surface area contributed by atoms with Crippen LogP contribution < -0.4 is 15.5 Å². The van der Waals surface area contributed by atoms with E-state index in [2.05, 4.69) is 65.7 Å². The number of nitrogens with zero attached hydrogens (tertiary/aromatic N) is 3. The number of nitrogens with one attached hydrogen (secondary N) is 2. The number of rotatable bonds is 9. The van der Waals surface area contributed by atoms with Gasteiger partial charge < -0.3 is 25.2 Å². The fourth-order valence-corrected chi connectivity index (χ4v) is 4.01. The number of aliphatic hydroxyl groups excluding tert-OH is 1. The lowest BCUT2D eigenvalue weighted by atomic mass is 9.97. The van der Waals surface area contributed by atoms with Gasteiger partial charge >= 0.3 is 0 Å². The van der Waals surface area contributed by atoms with E-state index in [9.17, 15) is 5.11 Å². The Morgan fingerprint density at radius 2 is 1.87 bits per heavy atom. The fraction of sp³-hybridized carbons (Fsp3) is 0.583. The molecule has 1 saturated heterocycles. The zero-order chi connectivity index (χ0) is 22.1. The highest BCUT2D eigenvalue weighted by atomic mass is 16.5. The molecular formula is C24H37N5O2. The van der Waals surface area contributed by atoms with Gasteiger partial charge in [-0.2, -0.15) is 0 Å². The summed E-state index contributed by atoms with van der Waals surface area (Å²) in [6, 6.07) is 8.68. The number of aliphatic imine (C=N–C) groups is 1. The molecule has 2 heterocycles. The van der Waals surface area contributed by atoms with E-state index in [0.29, 0.717) is 25.6 Å². The first-order valence-corrected chi connectivity index (χ1v) is 11.6. The van der Waals surface area contributed by atoms with Gasteiger partial charge in [0.25, 0.3) is 0 Å². The second-order valence-electron chi connectivity index (χ2n) is 8.07. The predicted molar refractivity (Wildman–Crippen MR) is 125 cm³/mol. The van der Waals surface area contributed by atoms with Crippen LogP contribution in [0.25, 0.3) is 0 Å². The van der Waals surface area contributed by atoms with Gasteiger partial charge in [-0.25, -0.2) is 4.99 Å². The van der Waals surface area contributed by atoms with Gasteiger partial charge in [-0.3, -0.25) is 0 Å². The number of aryl methyl sites for hydroxylation is 2. The molecule has 7 heteroatoms. The second kappa shape index (κ2) is 11.7. The average Bonchev–Trinajstić information content (AvgIpc) is 3.23. The molecule has 1 fully saturated rings. The quantitative estimate of drug-likeness (QED) is 0.421. The molecule has 1 aromatic heterocycles. The van der Waals surface area contributed by atoms with Crippen LogP contribution in [0, 0.1) is 5.92 Å². The first kappa shape index (κ1) is 23.1. The van der Waals surface area contributed by atoms with Crippen molar-refractivity contribution < 1.29 is 9.63 Å². The Kier molecular flexibility index (Phi) is 8.76.